The molecule has 15 heavy (non-hydrogen) atoms. The molecule has 0 unspecified atom stereocenters. The lowest BCUT2D eigenvalue weighted by Crippen LogP contribution is -2.04. The molecule has 0 radical (unpaired) electrons. The summed E-state index contributed by atoms with van der Waals surface area (Å²) >= 11 is 11.2. The van der Waals surface area contributed by atoms with E-state index in [0.29, 0.717) is 16.1 Å². The number of ketones is 1. The SMILES string of the molecule is O=C(CCl)c1cnc2cc(Cl)ccc2n1. The minimum atomic E-state index is -0.235. The van der Waals surface area contributed by atoms with Gasteiger partial charge in [-0.1, -0.05) is 11.6 Å². The summed E-state index contributed by atoms with van der Waals surface area (Å²) in [7, 11) is 0. The summed E-state index contributed by atoms with van der Waals surface area (Å²) in [5, 5.41) is 0.591. The summed E-state index contributed by atoms with van der Waals surface area (Å²) in [4.78, 5) is 19.5. The van der Waals surface area contributed by atoms with Crippen molar-refractivity contribution in [2.45, 2.75) is 0 Å². The van der Waals surface area contributed by atoms with Crippen molar-refractivity contribution in [2.75, 3.05) is 5.88 Å². The Kier molecular flexibility index (Phi) is 2.84. The Morgan fingerprint density at radius 1 is 1.33 bits per heavy atom. The fourth-order valence-electron chi connectivity index (χ4n) is 1.19. The Balaban J connectivity index is 2.57. The van der Waals surface area contributed by atoms with Gasteiger partial charge in [-0.25, -0.2) is 4.98 Å². The molecular weight excluding hydrogens is 235 g/mol. The number of benzene rings is 1. The van der Waals surface area contributed by atoms with Crippen molar-refractivity contribution in [3.63, 3.8) is 0 Å². The number of hydrogen-bond donors (Lipinski definition) is 0. The molecule has 0 amide bonds. The molecule has 2 rings (SSSR count). The lowest BCUT2D eigenvalue weighted by molar-refractivity contribution is 0.101. The van der Waals surface area contributed by atoms with Crippen molar-refractivity contribution in [1.82, 2.24) is 9.97 Å². The molecule has 1 heterocycles. The molecule has 2 aromatic rings. The highest BCUT2D eigenvalue weighted by atomic mass is 35.5. The number of nitrogens with zero attached hydrogens (tertiary/aromatic N) is 2. The minimum Gasteiger partial charge on any atom is -0.291 e. The number of hydrogen-bond acceptors (Lipinski definition) is 3. The number of rotatable bonds is 2. The average Bonchev–Trinajstić information content (AvgIpc) is 2.27. The molecule has 0 saturated carbocycles. The summed E-state index contributed by atoms with van der Waals surface area (Å²) in [5.74, 6) is -0.325. The van der Waals surface area contributed by atoms with Crippen LogP contribution in [0.4, 0.5) is 0 Å². The lowest BCUT2D eigenvalue weighted by Gasteiger charge is -1.99. The van der Waals surface area contributed by atoms with E-state index in [4.69, 9.17) is 23.2 Å². The maximum absolute atomic E-state index is 11.3. The summed E-state index contributed by atoms with van der Waals surface area (Å²) < 4.78 is 0. The minimum absolute atomic E-state index is 0.0895. The van der Waals surface area contributed by atoms with Gasteiger partial charge in [0.25, 0.3) is 0 Å². The number of alkyl halides is 1. The van der Waals surface area contributed by atoms with Crippen molar-refractivity contribution in [3.8, 4) is 0 Å². The van der Waals surface area contributed by atoms with Gasteiger partial charge in [-0.3, -0.25) is 9.78 Å². The Morgan fingerprint density at radius 3 is 2.87 bits per heavy atom. The predicted octanol–water partition coefficient (Wildman–Crippen LogP) is 2.70. The van der Waals surface area contributed by atoms with Gasteiger partial charge in [-0.2, -0.15) is 0 Å². The monoisotopic (exact) mass is 240 g/mol. The van der Waals surface area contributed by atoms with E-state index < -0.39 is 0 Å². The van der Waals surface area contributed by atoms with Crippen LogP contribution >= 0.6 is 23.2 Å². The van der Waals surface area contributed by atoms with E-state index in [0.717, 1.165) is 0 Å². The smallest absolute Gasteiger partial charge is 0.197 e. The first-order chi connectivity index (χ1) is 7.20. The molecule has 0 spiro atoms. The number of halogens is 2. The number of carbonyl (C=O) groups excluding carboxylic acids is 1. The highest BCUT2D eigenvalue weighted by molar-refractivity contribution is 6.31. The third kappa shape index (κ3) is 2.08. The number of fused-ring (bicyclic) bond motifs is 1. The van der Waals surface area contributed by atoms with E-state index >= 15 is 0 Å². The summed E-state index contributed by atoms with van der Waals surface area (Å²) in [6.07, 6.45) is 1.41. The van der Waals surface area contributed by atoms with E-state index in [-0.39, 0.29) is 17.4 Å². The lowest BCUT2D eigenvalue weighted by atomic mass is 10.2. The van der Waals surface area contributed by atoms with Gasteiger partial charge in [0.05, 0.1) is 23.1 Å². The zero-order valence-electron chi connectivity index (χ0n) is 7.58. The van der Waals surface area contributed by atoms with Gasteiger partial charge >= 0.3 is 0 Å². The summed E-state index contributed by atoms with van der Waals surface area (Å²) in [6, 6.07) is 5.11. The molecule has 1 aromatic carbocycles. The van der Waals surface area contributed by atoms with Crippen molar-refractivity contribution >= 4 is 40.0 Å². The van der Waals surface area contributed by atoms with Crippen LogP contribution < -0.4 is 0 Å². The Morgan fingerprint density at radius 2 is 2.13 bits per heavy atom. The molecule has 1 aromatic heterocycles. The van der Waals surface area contributed by atoms with Crippen molar-refractivity contribution in [3.05, 3.63) is 35.1 Å². The molecule has 0 atom stereocenters. The number of aromatic nitrogens is 2. The van der Waals surface area contributed by atoms with Gasteiger partial charge in [0.15, 0.2) is 5.78 Å². The van der Waals surface area contributed by atoms with E-state index in [1.165, 1.54) is 6.20 Å². The maximum Gasteiger partial charge on any atom is 0.197 e. The van der Waals surface area contributed by atoms with Crippen LogP contribution in [0, 0.1) is 0 Å². The summed E-state index contributed by atoms with van der Waals surface area (Å²) in [5.41, 5.74) is 1.57. The van der Waals surface area contributed by atoms with Crippen molar-refractivity contribution < 1.29 is 4.79 Å². The topological polar surface area (TPSA) is 42.9 Å². The first kappa shape index (κ1) is 10.3. The highest BCUT2D eigenvalue weighted by Gasteiger charge is 2.07. The van der Waals surface area contributed by atoms with Crippen molar-refractivity contribution in [1.29, 1.82) is 0 Å². The second kappa shape index (κ2) is 4.13. The average molecular weight is 241 g/mol. The van der Waals surface area contributed by atoms with E-state index in [1.54, 1.807) is 18.2 Å². The van der Waals surface area contributed by atoms with Crippen LogP contribution in [0.2, 0.25) is 5.02 Å². The number of carbonyl (C=O) groups is 1. The Bertz CT molecular complexity index is 528. The van der Waals surface area contributed by atoms with Crippen LogP contribution in [0.5, 0.6) is 0 Å². The first-order valence-electron chi connectivity index (χ1n) is 4.22. The normalized spacial score (nSPS) is 10.5. The number of Topliss-reactive ketones (excluding diaryl/α,β-unsaturated/α-hetero) is 1. The Hall–Kier alpha value is -1.19. The van der Waals surface area contributed by atoms with Crippen LogP contribution in [-0.2, 0) is 0 Å². The zero-order valence-corrected chi connectivity index (χ0v) is 9.09. The van der Waals surface area contributed by atoms with Gasteiger partial charge in [0, 0.05) is 5.02 Å². The van der Waals surface area contributed by atoms with E-state index in [1.807, 2.05) is 0 Å². The molecule has 5 heteroatoms. The molecular formula is C10H6Cl2N2O. The van der Waals surface area contributed by atoms with Gasteiger partial charge in [0.2, 0.25) is 0 Å². The van der Waals surface area contributed by atoms with Crippen LogP contribution in [0.1, 0.15) is 10.5 Å². The predicted molar refractivity (Wildman–Crippen MR) is 59.6 cm³/mol. The quantitative estimate of drug-likeness (QED) is 0.599. The van der Waals surface area contributed by atoms with Crippen LogP contribution in [0.15, 0.2) is 24.4 Å². The van der Waals surface area contributed by atoms with Gasteiger partial charge in [0.1, 0.15) is 5.69 Å². The van der Waals surface area contributed by atoms with Crippen molar-refractivity contribution in [2.24, 2.45) is 0 Å². The molecule has 0 saturated heterocycles. The molecule has 76 valence electrons. The van der Waals surface area contributed by atoms with E-state index in [2.05, 4.69) is 9.97 Å². The molecule has 0 aliphatic rings. The molecule has 0 aliphatic heterocycles. The molecule has 0 N–H and O–H groups in total. The fraction of sp³-hybridized carbons (Fsp3) is 0.100. The van der Waals surface area contributed by atoms with Gasteiger partial charge in [-0.05, 0) is 18.2 Å². The van der Waals surface area contributed by atoms with Gasteiger partial charge < -0.3 is 0 Å². The molecule has 0 aliphatic carbocycles. The molecule has 0 bridgehead atoms. The molecule has 3 nitrogen and oxygen atoms in total. The first-order valence-corrected chi connectivity index (χ1v) is 5.13. The standard InChI is InChI=1S/C10H6Cl2N2O/c11-4-10(15)9-5-13-8-3-6(12)1-2-7(8)14-9/h1-3,5H,4H2. The second-order valence-corrected chi connectivity index (χ2v) is 3.65. The molecule has 0 fully saturated rings. The van der Waals surface area contributed by atoms with Crippen LogP contribution in [0.3, 0.4) is 0 Å². The fourth-order valence-corrected chi connectivity index (χ4v) is 1.49. The highest BCUT2D eigenvalue weighted by Crippen LogP contribution is 2.16. The largest absolute Gasteiger partial charge is 0.291 e. The Labute approximate surface area is 96.1 Å². The summed E-state index contributed by atoms with van der Waals surface area (Å²) in [6.45, 7) is 0. The van der Waals surface area contributed by atoms with E-state index in [9.17, 15) is 4.79 Å². The van der Waals surface area contributed by atoms with Crippen LogP contribution in [-0.4, -0.2) is 21.6 Å². The second-order valence-electron chi connectivity index (χ2n) is 2.95. The third-order valence-electron chi connectivity index (χ3n) is 1.91. The maximum atomic E-state index is 11.3. The zero-order chi connectivity index (χ0) is 10.8. The van der Waals surface area contributed by atoms with Gasteiger partial charge in [-0.15, -0.1) is 11.6 Å². The van der Waals surface area contributed by atoms with Crippen LogP contribution in [0.25, 0.3) is 11.0 Å². The third-order valence-corrected chi connectivity index (χ3v) is 2.39.